The lowest BCUT2D eigenvalue weighted by Crippen LogP contribution is -2.30. The van der Waals surface area contributed by atoms with E-state index in [4.69, 9.17) is 0 Å². The van der Waals surface area contributed by atoms with Crippen molar-refractivity contribution in [2.24, 2.45) is 5.92 Å². The van der Waals surface area contributed by atoms with Crippen LogP contribution >= 0.6 is 0 Å². The molecule has 18 heavy (non-hydrogen) atoms. The number of hydrogen-bond acceptors (Lipinski definition) is 4. The molecule has 2 rings (SSSR count). The van der Waals surface area contributed by atoms with Gasteiger partial charge in [0.25, 0.3) is 5.91 Å². The van der Waals surface area contributed by atoms with Crippen molar-refractivity contribution in [1.29, 1.82) is 0 Å². The maximum atomic E-state index is 11.9. The second kappa shape index (κ2) is 5.82. The van der Waals surface area contributed by atoms with Gasteiger partial charge in [0.2, 0.25) is 0 Å². The van der Waals surface area contributed by atoms with Crippen molar-refractivity contribution < 1.29 is 4.79 Å². The Balaban J connectivity index is 1.83. The number of aromatic nitrogens is 1. The van der Waals surface area contributed by atoms with E-state index < -0.39 is 0 Å². The Hall–Kier alpha value is -1.62. The van der Waals surface area contributed by atoms with E-state index in [1.165, 1.54) is 0 Å². The van der Waals surface area contributed by atoms with Crippen LogP contribution in [-0.2, 0) is 0 Å². The van der Waals surface area contributed by atoms with Crippen LogP contribution in [0.3, 0.4) is 0 Å². The lowest BCUT2D eigenvalue weighted by Gasteiger charge is -2.11. The third kappa shape index (κ3) is 3.20. The van der Waals surface area contributed by atoms with Crippen LogP contribution in [0.5, 0.6) is 0 Å². The van der Waals surface area contributed by atoms with Crippen LogP contribution in [0.1, 0.15) is 16.9 Å². The van der Waals surface area contributed by atoms with Crippen molar-refractivity contribution in [2.45, 2.75) is 6.42 Å². The molecule has 5 heteroatoms. The summed E-state index contributed by atoms with van der Waals surface area (Å²) in [7, 11) is 3.94. The normalized spacial score (nSPS) is 19.8. The predicted molar refractivity (Wildman–Crippen MR) is 71.7 cm³/mol. The zero-order valence-corrected chi connectivity index (χ0v) is 10.9. The first-order valence-corrected chi connectivity index (χ1v) is 6.29. The molecule has 1 unspecified atom stereocenters. The third-order valence-corrected chi connectivity index (χ3v) is 3.33. The molecule has 2 N–H and O–H groups in total. The largest absolute Gasteiger partial charge is 0.387 e. The quantitative estimate of drug-likeness (QED) is 0.827. The molecule has 0 radical (unpaired) electrons. The molecule has 1 fully saturated rings. The lowest BCUT2D eigenvalue weighted by molar-refractivity contribution is 0.0942. The lowest BCUT2D eigenvalue weighted by atomic mass is 10.1. The molecule has 2 heterocycles. The monoisotopic (exact) mass is 248 g/mol. The van der Waals surface area contributed by atoms with Gasteiger partial charge in [0.1, 0.15) is 5.69 Å². The Labute approximate surface area is 108 Å². The van der Waals surface area contributed by atoms with Gasteiger partial charge < -0.3 is 15.5 Å². The van der Waals surface area contributed by atoms with Crippen molar-refractivity contribution in [3.8, 4) is 0 Å². The van der Waals surface area contributed by atoms with Gasteiger partial charge in [-0.3, -0.25) is 4.79 Å². The first kappa shape index (κ1) is 12.8. The average molecular weight is 248 g/mol. The number of carbonyl (C=O) groups excluding carboxylic acids is 1. The van der Waals surface area contributed by atoms with Crippen molar-refractivity contribution in [3.05, 3.63) is 24.0 Å². The number of likely N-dealkylation sites (tertiary alicyclic amines) is 1. The summed E-state index contributed by atoms with van der Waals surface area (Å²) < 4.78 is 0. The Bertz CT molecular complexity index is 404. The summed E-state index contributed by atoms with van der Waals surface area (Å²) >= 11 is 0. The first-order valence-electron chi connectivity index (χ1n) is 6.29. The number of pyridine rings is 1. The van der Waals surface area contributed by atoms with E-state index in [0.717, 1.165) is 31.7 Å². The van der Waals surface area contributed by atoms with Gasteiger partial charge in [0, 0.05) is 20.1 Å². The molecule has 1 aliphatic heterocycles. The second-order valence-corrected chi connectivity index (χ2v) is 4.81. The summed E-state index contributed by atoms with van der Waals surface area (Å²) in [5.74, 6) is 0.475. The van der Waals surface area contributed by atoms with E-state index in [0.29, 0.717) is 11.6 Å². The summed E-state index contributed by atoms with van der Waals surface area (Å²) in [5.41, 5.74) is 1.38. The Morgan fingerprint density at radius 2 is 2.39 bits per heavy atom. The Morgan fingerprint density at radius 3 is 2.94 bits per heavy atom. The predicted octanol–water partition coefficient (Wildman–Crippen LogP) is 0.805. The molecular formula is C13H20N4O. The molecule has 1 saturated heterocycles. The van der Waals surface area contributed by atoms with Crippen LogP contribution in [0, 0.1) is 5.92 Å². The molecule has 1 aliphatic rings. The molecule has 1 aromatic heterocycles. The second-order valence-electron chi connectivity index (χ2n) is 4.81. The van der Waals surface area contributed by atoms with Gasteiger partial charge in [-0.25, -0.2) is 4.98 Å². The first-order chi connectivity index (χ1) is 8.69. The molecular weight excluding hydrogens is 228 g/mol. The average Bonchev–Trinajstić information content (AvgIpc) is 2.82. The number of hydrogen-bond donors (Lipinski definition) is 2. The highest BCUT2D eigenvalue weighted by molar-refractivity contribution is 5.92. The summed E-state index contributed by atoms with van der Waals surface area (Å²) in [6, 6.07) is 3.59. The smallest absolute Gasteiger partial charge is 0.269 e. The maximum Gasteiger partial charge on any atom is 0.269 e. The summed E-state index contributed by atoms with van der Waals surface area (Å²) in [4.78, 5) is 18.3. The van der Waals surface area contributed by atoms with Crippen LogP contribution in [0.25, 0.3) is 0 Å². The van der Waals surface area contributed by atoms with Crippen molar-refractivity contribution in [2.75, 3.05) is 39.0 Å². The molecule has 0 bridgehead atoms. The fourth-order valence-corrected chi connectivity index (χ4v) is 2.20. The van der Waals surface area contributed by atoms with Crippen molar-refractivity contribution >= 4 is 11.6 Å². The number of amides is 1. The van der Waals surface area contributed by atoms with E-state index in [2.05, 4.69) is 27.6 Å². The van der Waals surface area contributed by atoms with E-state index in [1.54, 1.807) is 12.3 Å². The molecule has 5 nitrogen and oxygen atoms in total. The van der Waals surface area contributed by atoms with Gasteiger partial charge >= 0.3 is 0 Å². The number of carbonyl (C=O) groups is 1. The highest BCUT2D eigenvalue weighted by atomic mass is 16.1. The van der Waals surface area contributed by atoms with E-state index in [1.807, 2.05) is 13.1 Å². The molecule has 0 aromatic carbocycles. The fourth-order valence-electron chi connectivity index (χ4n) is 2.20. The molecule has 0 spiro atoms. The van der Waals surface area contributed by atoms with Gasteiger partial charge in [-0.15, -0.1) is 0 Å². The summed E-state index contributed by atoms with van der Waals surface area (Å²) in [6.07, 6.45) is 2.82. The molecule has 0 saturated carbocycles. The molecule has 98 valence electrons. The SMILES string of the molecule is CNc1ccc(C(=O)NCC2CCN(C)C2)nc1. The zero-order valence-electron chi connectivity index (χ0n) is 10.9. The number of rotatable bonds is 4. The zero-order chi connectivity index (χ0) is 13.0. The van der Waals surface area contributed by atoms with Crippen LogP contribution in [0.4, 0.5) is 5.69 Å². The highest BCUT2D eigenvalue weighted by Crippen LogP contribution is 2.13. The molecule has 1 atom stereocenters. The minimum Gasteiger partial charge on any atom is -0.387 e. The van der Waals surface area contributed by atoms with Gasteiger partial charge in [-0.1, -0.05) is 0 Å². The number of nitrogens with one attached hydrogen (secondary N) is 2. The Morgan fingerprint density at radius 1 is 1.56 bits per heavy atom. The van der Waals surface area contributed by atoms with Crippen molar-refractivity contribution in [1.82, 2.24) is 15.2 Å². The molecule has 1 aromatic rings. The van der Waals surface area contributed by atoms with Crippen molar-refractivity contribution in [3.63, 3.8) is 0 Å². The number of anilines is 1. The topological polar surface area (TPSA) is 57.3 Å². The van der Waals surface area contributed by atoms with Crippen LogP contribution in [-0.4, -0.2) is 49.5 Å². The summed E-state index contributed by atoms with van der Waals surface area (Å²) in [6.45, 7) is 2.92. The minimum atomic E-state index is -0.0905. The molecule has 0 aliphatic carbocycles. The van der Waals surface area contributed by atoms with Gasteiger partial charge in [0.15, 0.2) is 0 Å². The van der Waals surface area contributed by atoms with Gasteiger partial charge in [-0.2, -0.15) is 0 Å². The molecule has 1 amide bonds. The number of nitrogens with zero attached hydrogens (tertiary/aromatic N) is 2. The summed E-state index contributed by atoms with van der Waals surface area (Å²) in [5, 5.41) is 5.93. The minimum absolute atomic E-state index is 0.0905. The van der Waals surface area contributed by atoms with E-state index in [9.17, 15) is 4.79 Å². The maximum absolute atomic E-state index is 11.9. The van der Waals surface area contributed by atoms with E-state index in [-0.39, 0.29) is 5.91 Å². The van der Waals surface area contributed by atoms with Gasteiger partial charge in [-0.05, 0) is 38.1 Å². The Kier molecular flexibility index (Phi) is 4.15. The van der Waals surface area contributed by atoms with Crippen LogP contribution < -0.4 is 10.6 Å². The fraction of sp³-hybridized carbons (Fsp3) is 0.538. The van der Waals surface area contributed by atoms with Crippen LogP contribution in [0.2, 0.25) is 0 Å². The standard InChI is InChI=1S/C13H20N4O/c1-14-11-3-4-12(15-8-11)13(18)16-7-10-5-6-17(2)9-10/h3-4,8,10,14H,5-7,9H2,1-2H3,(H,16,18). The van der Waals surface area contributed by atoms with Crippen LogP contribution in [0.15, 0.2) is 18.3 Å². The van der Waals surface area contributed by atoms with Gasteiger partial charge in [0.05, 0.1) is 11.9 Å². The third-order valence-electron chi connectivity index (χ3n) is 3.33. The highest BCUT2D eigenvalue weighted by Gasteiger charge is 2.20. The van der Waals surface area contributed by atoms with E-state index >= 15 is 0 Å².